The van der Waals surface area contributed by atoms with Crippen LogP contribution in [-0.2, 0) is 61.9 Å². The van der Waals surface area contributed by atoms with Gasteiger partial charge in [-0.15, -0.1) is 0 Å². The van der Waals surface area contributed by atoms with Gasteiger partial charge < -0.3 is 44.0 Å². The zero-order valence-electron chi connectivity index (χ0n) is 32.3. The van der Waals surface area contributed by atoms with Crippen molar-refractivity contribution in [1.29, 1.82) is 0 Å². The Bertz CT molecular complexity index is 1600. The van der Waals surface area contributed by atoms with Gasteiger partial charge in [-0.1, -0.05) is 13.8 Å². The molecule has 306 valence electrons. The summed E-state index contributed by atoms with van der Waals surface area (Å²) in [4.78, 5) is 87.2. The number of hydrogen-bond acceptors (Lipinski definition) is 16. The number of rotatable bonds is 10. The predicted molar refractivity (Wildman–Crippen MR) is 186 cm³/mol. The van der Waals surface area contributed by atoms with Gasteiger partial charge in [-0.2, -0.15) is 5.10 Å². The van der Waals surface area contributed by atoms with Gasteiger partial charge in [0.1, 0.15) is 23.7 Å². The standard InChI is InChI=1S/C37H53N3O15/c1-17(41)50-16-26(39-40-34(38)47)37(48)13-11-24-23-9-8-21-14-22(10-12-35(21,5)27(23)25(45)15-36(24,37)6)54-33-31(53-20(4)44)29(52-19(3)43)28(51-18(2)42)30(55-33)32(46)49-7/h21-24,27-31,33,48H,8-16H2,1-7H3,(H3,38,40,47)/b39-26-/t21-,22-,23+,24+,27-,28+,29+,30-,31-,33-,35-,36+,37+/m1/s1. The topological polar surface area (TPSA) is 255 Å². The SMILES string of the molecule is COC(=O)[C@@H]1O[C@@H](O[C@@H]2CC[C@]3(C)[C@H](CC[C@@H]4[C@@H]3C(=O)C[C@@]3(C)[C@H]4CC[C@]3(O)/C(COC(C)=O)=N\NC(N)=O)C2)[C@H](OC(C)=O)[C@@H](OC(C)=O)[C@@H]1OC(C)=O. The van der Waals surface area contributed by atoms with Crippen LogP contribution in [0.25, 0.3) is 0 Å². The minimum atomic E-state index is -1.65. The van der Waals surface area contributed by atoms with Crippen LogP contribution in [0.2, 0.25) is 0 Å². The minimum absolute atomic E-state index is 0.0116. The van der Waals surface area contributed by atoms with Gasteiger partial charge >= 0.3 is 35.9 Å². The van der Waals surface area contributed by atoms with Gasteiger partial charge in [0, 0.05) is 45.4 Å². The highest BCUT2D eigenvalue weighted by Crippen LogP contribution is 2.67. The lowest BCUT2D eigenvalue weighted by Gasteiger charge is -2.60. The molecule has 5 aliphatic rings. The number of hydrogen-bond donors (Lipinski definition) is 3. The zero-order valence-corrected chi connectivity index (χ0v) is 32.3. The summed E-state index contributed by atoms with van der Waals surface area (Å²) in [6.45, 7) is 8.19. The molecule has 1 aliphatic heterocycles. The van der Waals surface area contributed by atoms with Gasteiger partial charge in [-0.05, 0) is 68.1 Å². The number of Topliss-reactive ketones (excluding diaryl/α,β-unsaturated/α-hetero) is 1. The third-order valence-corrected chi connectivity index (χ3v) is 12.8. The van der Waals surface area contributed by atoms with Gasteiger partial charge in [-0.25, -0.2) is 15.0 Å². The van der Waals surface area contributed by atoms with Crippen molar-refractivity contribution in [3.8, 4) is 0 Å². The summed E-state index contributed by atoms with van der Waals surface area (Å²) in [6.07, 6.45) is -4.04. The van der Waals surface area contributed by atoms with E-state index in [1.165, 1.54) is 6.92 Å². The van der Waals surface area contributed by atoms with Crippen molar-refractivity contribution in [3.05, 3.63) is 0 Å². The zero-order chi connectivity index (χ0) is 40.6. The van der Waals surface area contributed by atoms with Crippen LogP contribution in [0.5, 0.6) is 0 Å². The molecule has 18 nitrogen and oxygen atoms in total. The van der Waals surface area contributed by atoms with Crippen molar-refractivity contribution < 1.29 is 71.8 Å². The molecule has 0 aromatic carbocycles. The maximum Gasteiger partial charge on any atom is 0.339 e. The van der Waals surface area contributed by atoms with Crippen molar-refractivity contribution >= 4 is 47.4 Å². The molecule has 0 unspecified atom stereocenters. The van der Waals surface area contributed by atoms with E-state index in [4.69, 9.17) is 38.9 Å². The van der Waals surface area contributed by atoms with E-state index in [9.17, 15) is 38.7 Å². The Labute approximate surface area is 318 Å². The van der Waals surface area contributed by atoms with E-state index in [2.05, 4.69) is 17.5 Å². The van der Waals surface area contributed by atoms with Crippen LogP contribution in [0.15, 0.2) is 5.10 Å². The van der Waals surface area contributed by atoms with Gasteiger partial charge in [0.2, 0.25) is 0 Å². The normalized spacial score (nSPS) is 39.6. The maximum atomic E-state index is 14.4. The largest absolute Gasteiger partial charge is 0.467 e. The molecule has 4 aliphatic carbocycles. The average Bonchev–Trinajstić information content (AvgIpc) is 3.35. The third kappa shape index (κ3) is 8.08. The lowest BCUT2D eigenvalue weighted by Crippen LogP contribution is -2.64. The molecule has 4 saturated carbocycles. The fourth-order valence-corrected chi connectivity index (χ4v) is 10.6. The number of amides is 2. The maximum absolute atomic E-state index is 14.4. The van der Waals surface area contributed by atoms with Crippen LogP contribution in [0.1, 0.15) is 92.9 Å². The Morgan fingerprint density at radius 1 is 0.891 bits per heavy atom. The van der Waals surface area contributed by atoms with E-state index >= 15 is 0 Å². The Morgan fingerprint density at radius 2 is 1.53 bits per heavy atom. The predicted octanol–water partition coefficient (Wildman–Crippen LogP) is 1.60. The molecule has 55 heavy (non-hydrogen) atoms. The van der Waals surface area contributed by atoms with Crippen LogP contribution in [0, 0.1) is 34.5 Å². The van der Waals surface area contributed by atoms with Gasteiger partial charge in [0.25, 0.3) is 0 Å². The lowest BCUT2D eigenvalue weighted by molar-refractivity contribution is -0.314. The molecule has 4 N–H and O–H groups in total. The number of fused-ring (bicyclic) bond motifs is 5. The van der Waals surface area contributed by atoms with Crippen molar-refractivity contribution in [3.63, 3.8) is 0 Å². The van der Waals surface area contributed by atoms with Crippen molar-refractivity contribution in [2.75, 3.05) is 13.7 Å². The summed E-state index contributed by atoms with van der Waals surface area (Å²) in [5, 5.41) is 16.3. The quantitative estimate of drug-likeness (QED) is 0.0936. The lowest BCUT2D eigenvalue weighted by atomic mass is 9.44. The molecule has 18 heteroatoms. The van der Waals surface area contributed by atoms with Crippen LogP contribution >= 0.6 is 0 Å². The van der Waals surface area contributed by atoms with Crippen molar-refractivity contribution in [2.24, 2.45) is 45.3 Å². The second-order valence-electron chi connectivity index (χ2n) is 16.0. The molecule has 13 atom stereocenters. The van der Waals surface area contributed by atoms with Crippen LogP contribution in [0.3, 0.4) is 0 Å². The average molecular weight is 780 g/mol. The molecular formula is C37H53N3O15. The number of methoxy groups -OCH3 is 1. The fourth-order valence-electron chi connectivity index (χ4n) is 10.6. The summed E-state index contributed by atoms with van der Waals surface area (Å²) in [5.74, 6) is -4.31. The van der Waals surface area contributed by atoms with E-state index in [1.807, 2.05) is 6.92 Å². The van der Waals surface area contributed by atoms with Crippen LogP contribution in [-0.4, -0.2) is 109 Å². The molecule has 0 aromatic rings. The van der Waals surface area contributed by atoms with E-state index in [0.717, 1.165) is 34.3 Å². The summed E-state index contributed by atoms with van der Waals surface area (Å²) < 4.78 is 39.0. The summed E-state index contributed by atoms with van der Waals surface area (Å²) in [6, 6.07) is -0.954. The highest BCUT2D eigenvalue weighted by Gasteiger charge is 2.69. The Morgan fingerprint density at radius 3 is 2.13 bits per heavy atom. The molecule has 0 aromatic heterocycles. The third-order valence-electron chi connectivity index (χ3n) is 12.8. The number of ketones is 1. The molecule has 1 saturated heterocycles. The smallest absolute Gasteiger partial charge is 0.339 e. The molecule has 5 rings (SSSR count). The first-order valence-electron chi connectivity index (χ1n) is 18.7. The van der Waals surface area contributed by atoms with Gasteiger partial charge in [0.15, 0.2) is 30.7 Å². The van der Waals surface area contributed by atoms with E-state index < -0.39 is 89.1 Å². The molecular weight excluding hydrogens is 726 g/mol. The van der Waals surface area contributed by atoms with Crippen molar-refractivity contribution in [1.82, 2.24) is 5.43 Å². The van der Waals surface area contributed by atoms with Crippen LogP contribution < -0.4 is 11.2 Å². The number of nitrogens with zero attached hydrogens (tertiary/aromatic N) is 1. The number of hydrazone groups is 1. The van der Waals surface area contributed by atoms with E-state index in [1.54, 1.807) is 0 Å². The summed E-state index contributed by atoms with van der Waals surface area (Å²) in [7, 11) is 1.11. The number of carbonyl (C=O) groups excluding carboxylic acids is 7. The highest BCUT2D eigenvalue weighted by molar-refractivity contribution is 5.97. The number of nitrogens with one attached hydrogen (secondary N) is 1. The number of esters is 5. The molecule has 0 bridgehead atoms. The Hall–Kier alpha value is -4.16. The van der Waals surface area contributed by atoms with Crippen LogP contribution in [0.4, 0.5) is 4.79 Å². The first-order chi connectivity index (χ1) is 25.7. The fraction of sp³-hybridized carbons (Fsp3) is 0.784. The molecule has 5 fully saturated rings. The van der Waals surface area contributed by atoms with E-state index in [0.29, 0.717) is 32.1 Å². The van der Waals surface area contributed by atoms with Gasteiger partial charge in [-0.3, -0.25) is 24.0 Å². The minimum Gasteiger partial charge on any atom is -0.467 e. The van der Waals surface area contributed by atoms with Crippen molar-refractivity contribution in [2.45, 2.75) is 135 Å². The number of aliphatic hydroxyl groups is 1. The summed E-state index contributed by atoms with van der Waals surface area (Å²) >= 11 is 0. The molecule has 0 radical (unpaired) electrons. The number of nitrogens with two attached hydrogens (primary N) is 1. The highest BCUT2D eigenvalue weighted by atomic mass is 16.7. The monoisotopic (exact) mass is 779 g/mol. The number of carbonyl (C=O) groups is 7. The van der Waals surface area contributed by atoms with Gasteiger partial charge in [0.05, 0.1) is 13.2 Å². The first kappa shape index (κ1) is 42.0. The molecule has 0 spiro atoms. The number of primary amides is 1. The molecule has 2 amide bonds. The number of urea groups is 1. The first-order valence-corrected chi connectivity index (χ1v) is 18.7. The van der Waals surface area contributed by atoms with E-state index in [-0.39, 0.29) is 54.6 Å². The summed E-state index contributed by atoms with van der Waals surface area (Å²) in [5.41, 5.74) is 4.39. The molecule has 1 heterocycles. The number of ether oxygens (including phenoxy) is 7. The Balaban J connectivity index is 1.37. The second-order valence-corrected chi connectivity index (χ2v) is 16.0. The Kier molecular flexibility index (Phi) is 12.3. The second kappa shape index (κ2) is 16.1.